The average Bonchev–Trinajstić information content (AvgIpc) is 2.75. The molecule has 0 aromatic heterocycles. The summed E-state index contributed by atoms with van der Waals surface area (Å²) < 4.78 is 5.39. The fourth-order valence-electron chi connectivity index (χ4n) is 2.14. The van der Waals surface area contributed by atoms with Crippen molar-refractivity contribution in [1.82, 2.24) is 0 Å². The van der Waals surface area contributed by atoms with Crippen LogP contribution in [0.3, 0.4) is 0 Å². The Kier molecular flexibility index (Phi) is 4.39. The number of ether oxygens (including phenoxy) is 1. The molecule has 1 heterocycles. The lowest BCUT2D eigenvalue weighted by Gasteiger charge is -2.16. The Morgan fingerprint density at radius 2 is 2.32 bits per heavy atom. The van der Waals surface area contributed by atoms with Crippen molar-refractivity contribution in [3.8, 4) is 0 Å². The topological polar surface area (TPSA) is 64.3 Å². The van der Waals surface area contributed by atoms with Gasteiger partial charge in [-0.05, 0) is 31.5 Å². The monoisotopic (exact) mass is 298 g/mol. The maximum absolute atomic E-state index is 12.2. The number of amides is 1. The zero-order valence-electron chi connectivity index (χ0n) is 10.5. The van der Waals surface area contributed by atoms with Crippen LogP contribution in [0.15, 0.2) is 18.2 Å². The van der Waals surface area contributed by atoms with Gasteiger partial charge >= 0.3 is 0 Å². The summed E-state index contributed by atoms with van der Waals surface area (Å²) in [5, 5.41) is 3.35. The summed E-state index contributed by atoms with van der Waals surface area (Å²) in [6, 6.07) is 5.04. The minimum absolute atomic E-state index is 0.0764. The molecule has 1 aliphatic rings. The van der Waals surface area contributed by atoms with E-state index in [2.05, 4.69) is 5.32 Å². The maximum Gasteiger partial charge on any atom is 0.230 e. The van der Waals surface area contributed by atoms with Gasteiger partial charge < -0.3 is 15.8 Å². The average molecular weight is 299 g/mol. The van der Waals surface area contributed by atoms with Crippen LogP contribution < -0.4 is 11.1 Å². The highest BCUT2D eigenvalue weighted by atomic mass is 35.5. The highest BCUT2D eigenvalue weighted by Gasteiger charge is 2.31. The molecule has 102 valence electrons. The molecule has 6 heteroatoms. The first-order chi connectivity index (χ1) is 8.99. The number of rotatable bonds is 3. The normalized spacial score (nSPS) is 22.2. The van der Waals surface area contributed by atoms with Gasteiger partial charge in [0.2, 0.25) is 5.91 Å². The van der Waals surface area contributed by atoms with Crippen molar-refractivity contribution in [2.24, 2.45) is 11.7 Å². The summed E-state index contributed by atoms with van der Waals surface area (Å²) in [7, 11) is 0. The van der Waals surface area contributed by atoms with Crippen molar-refractivity contribution in [3.05, 3.63) is 28.8 Å². The van der Waals surface area contributed by atoms with E-state index in [0.717, 1.165) is 6.42 Å². The molecule has 2 rings (SSSR count). The van der Waals surface area contributed by atoms with Gasteiger partial charge in [0, 0.05) is 17.2 Å². The molecule has 3 N–H and O–H groups in total. The molecular weight excluding hydrogens is 284 g/mol. The van der Waals surface area contributed by atoms with E-state index in [-0.39, 0.29) is 22.9 Å². The van der Waals surface area contributed by atoms with E-state index in [4.69, 9.17) is 34.3 Å². The Bertz CT molecular complexity index is 521. The minimum atomic E-state index is -0.154. The molecule has 2 atom stereocenters. The molecule has 2 unspecified atom stereocenters. The summed E-state index contributed by atoms with van der Waals surface area (Å²) >= 11 is 10.9. The second kappa shape index (κ2) is 5.86. The number of carbonyl (C=O) groups excluding carboxylic acids is 1. The fourth-order valence-corrected chi connectivity index (χ4v) is 2.49. The molecule has 1 amide bonds. The van der Waals surface area contributed by atoms with E-state index >= 15 is 0 Å². The minimum Gasteiger partial charge on any atom is -0.389 e. The molecule has 1 aliphatic heterocycles. The van der Waals surface area contributed by atoms with Gasteiger partial charge in [0.15, 0.2) is 0 Å². The first-order valence-electron chi connectivity index (χ1n) is 6.01. The van der Waals surface area contributed by atoms with Gasteiger partial charge in [0.25, 0.3) is 0 Å². The Labute approximate surface area is 122 Å². The van der Waals surface area contributed by atoms with Crippen LogP contribution in [0.5, 0.6) is 0 Å². The van der Waals surface area contributed by atoms with Crippen LogP contribution in [0, 0.1) is 5.92 Å². The summed E-state index contributed by atoms with van der Waals surface area (Å²) in [5.41, 5.74) is 6.79. The molecule has 0 aliphatic carbocycles. The number of nitrogens with one attached hydrogen (secondary N) is 1. The number of carbonyl (C=O) groups is 1. The van der Waals surface area contributed by atoms with Gasteiger partial charge in [-0.2, -0.15) is 0 Å². The molecule has 1 aromatic rings. The van der Waals surface area contributed by atoms with Gasteiger partial charge in [-0.15, -0.1) is 0 Å². The Morgan fingerprint density at radius 1 is 1.58 bits per heavy atom. The lowest BCUT2D eigenvalue weighted by Crippen LogP contribution is -2.28. The van der Waals surface area contributed by atoms with Gasteiger partial charge in [0.1, 0.15) is 4.99 Å². The Morgan fingerprint density at radius 3 is 2.89 bits per heavy atom. The number of halogens is 1. The predicted molar refractivity (Wildman–Crippen MR) is 79.5 cm³/mol. The van der Waals surface area contributed by atoms with Gasteiger partial charge in [-0.1, -0.05) is 23.8 Å². The summed E-state index contributed by atoms with van der Waals surface area (Å²) in [6.45, 7) is 2.50. The van der Waals surface area contributed by atoms with Crippen molar-refractivity contribution in [2.45, 2.75) is 19.4 Å². The van der Waals surface area contributed by atoms with Crippen molar-refractivity contribution < 1.29 is 9.53 Å². The van der Waals surface area contributed by atoms with Gasteiger partial charge in [0.05, 0.1) is 17.7 Å². The van der Waals surface area contributed by atoms with Crippen LogP contribution in [0.4, 0.5) is 5.69 Å². The molecule has 1 fully saturated rings. The molecule has 4 nitrogen and oxygen atoms in total. The van der Waals surface area contributed by atoms with E-state index < -0.39 is 0 Å². The highest BCUT2D eigenvalue weighted by molar-refractivity contribution is 7.80. The lowest BCUT2D eigenvalue weighted by atomic mass is 10.0. The van der Waals surface area contributed by atoms with Crippen LogP contribution in [-0.2, 0) is 9.53 Å². The molecular formula is C13H15ClN2O2S. The third kappa shape index (κ3) is 3.23. The van der Waals surface area contributed by atoms with E-state index in [1.807, 2.05) is 6.92 Å². The lowest BCUT2D eigenvalue weighted by molar-refractivity contribution is -0.121. The van der Waals surface area contributed by atoms with Gasteiger partial charge in [-0.25, -0.2) is 0 Å². The summed E-state index contributed by atoms with van der Waals surface area (Å²) in [6.07, 6.45) is 0.642. The third-order valence-corrected chi connectivity index (χ3v) is 3.67. The molecule has 0 saturated carbocycles. The Hall–Kier alpha value is -1.17. The van der Waals surface area contributed by atoms with Crippen molar-refractivity contribution in [3.63, 3.8) is 0 Å². The van der Waals surface area contributed by atoms with E-state index in [1.165, 1.54) is 0 Å². The number of nitrogens with two attached hydrogens (primary N) is 1. The quantitative estimate of drug-likeness (QED) is 0.841. The zero-order valence-corrected chi connectivity index (χ0v) is 12.1. The molecule has 1 aromatic carbocycles. The molecule has 0 radical (unpaired) electrons. The summed E-state index contributed by atoms with van der Waals surface area (Å²) in [4.78, 5) is 12.4. The largest absolute Gasteiger partial charge is 0.389 e. The number of thiocarbonyl (C=S) groups is 1. The van der Waals surface area contributed by atoms with E-state index in [9.17, 15) is 4.79 Å². The zero-order chi connectivity index (χ0) is 14.0. The van der Waals surface area contributed by atoms with Gasteiger partial charge in [-0.3, -0.25) is 4.79 Å². The van der Waals surface area contributed by atoms with Crippen LogP contribution >= 0.6 is 23.8 Å². The smallest absolute Gasteiger partial charge is 0.230 e. The molecule has 0 bridgehead atoms. The maximum atomic E-state index is 12.2. The van der Waals surface area contributed by atoms with Crippen LogP contribution in [0.1, 0.15) is 18.9 Å². The van der Waals surface area contributed by atoms with Crippen LogP contribution in [-0.4, -0.2) is 23.6 Å². The summed E-state index contributed by atoms with van der Waals surface area (Å²) in [5.74, 6) is -0.247. The van der Waals surface area contributed by atoms with Crippen molar-refractivity contribution >= 4 is 40.4 Å². The number of benzene rings is 1. The first-order valence-corrected chi connectivity index (χ1v) is 6.79. The molecule has 1 saturated heterocycles. The second-order valence-electron chi connectivity index (χ2n) is 4.51. The predicted octanol–water partition coefficient (Wildman–Crippen LogP) is 2.34. The van der Waals surface area contributed by atoms with Crippen LogP contribution in [0.25, 0.3) is 0 Å². The highest BCUT2D eigenvalue weighted by Crippen LogP contribution is 2.25. The number of hydrogen-bond donors (Lipinski definition) is 2. The van der Waals surface area contributed by atoms with Crippen molar-refractivity contribution in [2.75, 3.05) is 11.9 Å². The number of anilines is 1. The SMILES string of the molecule is CC1OCCC1C(=O)Nc1cc(Cl)ccc1C(N)=S. The van der Waals surface area contributed by atoms with E-state index in [1.54, 1.807) is 18.2 Å². The standard InChI is InChI=1S/C13H15ClN2O2S/c1-7-9(4-5-18-7)13(17)16-11-6-8(14)2-3-10(11)12(15)19/h2-3,6-7,9H,4-5H2,1H3,(H2,15,19)(H,16,17). The number of hydrogen-bond acceptors (Lipinski definition) is 3. The van der Waals surface area contributed by atoms with Crippen molar-refractivity contribution in [1.29, 1.82) is 0 Å². The molecule has 19 heavy (non-hydrogen) atoms. The molecule has 0 spiro atoms. The third-order valence-electron chi connectivity index (χ3n) is 3.22. The van der Waals surface area contributed by atoms with E-state index in [0.29, 0.717) is 22.9 Å². The fraction of sp³-hybridized carbons (Fsp3) is 0.385. The second-order valence-corrected chi connectivity index (χ2v) is 5.39. The van der Waals surface area contributed by atoms with Crippen LogP contribution in [0.2, 0.25) is 5.02 Å². The first kappa shape index (κ1) is 14.2. The Balaban J connectivity index is 2.20.